The Labute approximate surface area is 197 Å². The molecular weight excluding hydrogens is 458 g/mol. The number of thiophene rings is 1. The van der Waals surface area contributed by atoms with Crippen LogP contribution in [0.25, 0.3) is 15.2 Å². The van der Waals surface area contributed by atoms with Crippen LogP contribution in [0.4, 0.5) is 0 Å². The smallest absolute Gasteiger partial charge is 0.348 e. The van der Waals surface area contributed by atoms with Crippen molar-refractivity contribution in [1.82, 2.24) is 24.4 Å². The van der Waals surface area contributed by atoms with Crippen molar-refractivity contribution in [3.63, 3.8) is 0 Å². The summed E-state index contributed by atoms with van der Waals surface area (Å²) in [5, 5.41) is 10.6. The van der Waals surface area contributed by atoms with Gasteiger partial charge in [0.05, 0.1) is 17.9 Å². The molecule has 10 heteroatoms. The maximum Gasteiger partial charge on any atom is 0.348 e. The molecule has 0 spiro atoms. The lowest BCUT2D eigenvalue weighted by molar-refractivity contribution is 0.0473. The number of hydrogen-bond acceptors (Lipinski definition) is 8. The van der Waals surface area contributed by atoms with Crippen LogP contribution in [-0.2, 0) is 24.3 Å². The lowest BCUT2D eigenvalue weighted by Crippen LogP contribution is -2.16. The topological polar surface area (TPSA) is 91.4 Å². The Hall–Kier alpha value is -3.37. The average Bonchev–Trinajstić information content (AvgIpc) is 3.49. The van der Waals surface area contributed by atoms with Crippen LogP contribution in [-0.4, -0.2) is 30.3 Å². The molecule has 0 saturated carbocycles. The fraction of sp³-hybridized carbons (Fsp3) is 0.261. The van der Waals surface area contributed by atoms with Crippen LogP contribution in [0.5, 0.6) is 0 Å². The molecule has 8 nitrogen and oxygen atoms in total. The van der Waals surface area contributed by atoms with Gasteiger partial charge in [-0.3, -0.25) is 9.48 Å². The minimum absolute atomic E-state index is 0.0767. The molecule has 0 aliphatic heterocycles. The Balaban J connectivity index is 1.35. The Morgan fingerprint density at radius 3 is 2.64 bits per heavy atom. The summed E-state index contributed by atoms with van der Waals surface area (Å²) in [4.78, 5) is 31.4. The number of fused-ring (bicyclic) bond motifs is 2. The van der Waals surface area contributed by atoms with Crippen LogP contribution in [0, 0.1) is 13.8 Å². The molecule has 0 bridgehead atoms. The number of carbonyl (C=O) groups is 1. The minimum Gasteiger partial charge on any atom is -0.455 e. The van der Waals surface area contributed by atoms with E-state index in [4.69, 9.17) is 4.74 Å². The van der Waals surface area contributed by atoms with E-state index in [1.54, 1.807) is 0 Å². The first-order valence-electron chi connectivity index (χ1n) is 10.5. The van der Waals surface area contributed by atoms with Crippen molar-refractivity contribution in [2.75, 3.05) is 0 Å². The lowest BCUT2D eigenvalue weighted by Gasteiger charge is -2.04. The van der Waals surface area contributed by atoms with Crippen molar-refractivity contribution in [1.29, 1.82) is 0 Å². The van der Waals surface area contributed by atoms with Gasteiger partial charge >= 0.3 is 5.97 Å². The molecule has 33 heavy (non-hydrogen) atoms. The van der Waals surface area contributed by atoms with Gasteiger partial charge in [-0.25, -0.2) is 9.78 Å². The van der Waals surface area contributed by atoms with Gasteiger partial charge in [0.15, 0.2) is 0 Å². The molecule has 4 aromatic heterocycles. The van der Waals surface area contributed by atoms with E-state index in [1.165, 1.54) is 38.8 Å². The Morgan fingerprint density at radius 2 is 1.88 bits per heavy atom. The predicted octanol–water partition coefficient (Wildman–Crippen LogP) is 4.15. The largest absolute Gasteiger partial charge is 0.455 e. The average molecular weight is 480 g/mol. The number of hydrogen-bond donors (Lipinski definition) is 0. The van der Waals surface area contributed by atoms with Crippen molar-refractivity contribution in [3.05, 3.63) is 79.2 Å². The number of rotatable bonds is 6. The predicted molar refractivity (Wildman–Crippen MR) is 128 cm³/mol. The van der Waals surface area contributed by atoms with Gasteiger partial charge in [-0.1, -0.05) is 48.1 Å². The van der Waals surface area contributed by atoms with E-state index < -0.39 is 5.97 Å². The van der Waals surface area contributed by atoms with Crippen LogP contribution >= 0.6 is 22.7 Å². The van der Waals surface area contributed by atoms with Gasteiger partial charge in [-0.2, -0.15) is 14.7 Å². The first-order chi connectivity index (χ1) is 15.9. The zero-order valence-corrected chi connectivity index (χ0v) is 20.0. The van der Waals surface area contributed by atoms with Crippen molar-refractivity contribution in [2.24, 2.45) is 0 Å². The Morgan fingerprint density at radius 1 is 1.09 bits per heavy atom. The van der Waals surface area contributed by atoms with E-state index in [0.29, 0.717) is 22.1 Å². The minimum atomic E-state index is -0.446. The van der Waals surface area contributed by atoms with Crippen LogP contribution in [0.1, 0.15) is 44.1 Å². The summed E-state index contributed by atoms with van der Waals surface area (Å²) in [5.41, 5.74) is 3.34. The second-order valence-electron chi connectivity index (χ2n) is 7.76. The number of carbonyl (C=O) groups excluding carboxylic acids is 1. The monoisotopic (exact) mass is 479 g/mol. The molecule has 0 unspecified atom stereocenters. The highest BCUT2D eigenvalue weighted by Gasteiger charge is 2.18. The summed E-state index contributed by atoms with van der Waals surface area (Å²) in [5.74, 6) is -0.446. The van der Waals surface area contributed by atoms with Crippen molar-refractivity contribution < 1.29 is 9.53 Å². The number of esters is 1. The highest BCUT2D eigenvalue weighted by atomic mass is 32.1. The summed E-state index contributed by atoms with van der Waals surface area (Å²) in [6, 6.07) is 11.5. The molecule has 0 amide bonds. The third kappa shape index (κ3) is 4.19. The first kappa shape index (κ1) is 21.5. The van der Waals surface area contributed by atoms with E-state index >= 15 is 0 Å². The molecule has 5 aromatic rings. The molecule has 0 aliphatic rings. The number of nitrogens with zero attached hydrogens (tertiary/aromatic N) is 5. The third-order valence-corrected chi connectivity index (χ3v) is 7.44. The first-order valence-corrected chi connectivity index (χ1v) is 12.1. The molecule has 4 heterocycles. The van der Waals surface area contributed by atoms with Gasteiger partial charge in [-0.15, -0.1) is 11.3 Å². The van der Waals surface area contributed by atoms with Crippen molar-refractivity contribution in [2.45, 2.75) is 40.3 Å². The van der Waals surface area contributed by atoms with E-state index in [-0.39, 0.29) is 12.2 Å². The SMILES string of the molecule is CCc1nn2c(=O)cc(COC(=O)c3cc4c(C)nn(Cc5ccc(C)cc5)c4s3)nc2s1. The van der Waals surface area contributed by atoms with Gasteiger partial charge in [0.1, 0.15) is 21.3 Å². The summed E-state index contributed by atoms with van der Waals surface area (Å²) < 4.78 is 8.68. The second kappa shape index (κ2) is 8.53. The molecular formula is C23H21N5O3S2. The second-order valence-corrected chi connectivity index (χ2v) is 9.83. The normalized spacial score (nSPS) is 11.5. The number of ether oxygens (including phenoxy) is 1. The molecule has 5 rings (SSSR count). The molecule has 0 aliphatic carbocycles. The third-order valence-electron chi connectivity index (χ3n) is 5.26. The maximum absolute atomic E-state index is 12.7. The van der Waals surface area contributed by atoms with Gasteiger partial charge in [-0.05, 0) is 31.9 Å². The molecule has 0 saturated heterocycles. The summed E-state index contributed by atoms with van der Waals surface area (Å²) in [6.45, 7) is 6.51. The van der Waals surface area contributed by atoms with Crippen molar-refractivity contribution in [3.8, 4) is 0 Å². The summed E-state index contributed by atoms with van der Waals surface area (Å²) in [6.07, 6.45) is 0.727. The zero-order valence-electron chi connectivity index (χ0n) is 18.4. The van der Waals surface area contributed by atoms with E-state index in [2.05, 4.69) is 46.4 Å². The molecule has 0 N–H and O–H groups in total. The molecule has 168 valence electrons. The fourth-order valence-electron chi connectivity index (χ4n) is 3.51. The highest BCUT2D eigenvalue weighted by molar-refractivity contribution is 7.20. The lowest BCUT2D eigenvalue weighted by atomic mass is 10.1. The van der Waals surface area contributed by atoms with Crippen LogP contribution < -0.4 is 5.56 Å². The molecule has 0 fully saturated rings. The summed E-state index contributed by atoms with van der Waals surface area (Å²) >= 11 is 2.71. The van der Waals surface area contributed by atoms with E-state index in [1.807, 2.05) is 24.6 Å². The quantitative estimate of drug-likeness (QED) is 0.340. The molecule has 0 radical (unpaired) electrons. The van der Waals surface area contributed by atoms with Crippen LogP contribution in [0.15, 0.2) is 41.2 Å². The zero-order chi connectivity index (χ0) is 23.1. The van der Waals surface area contributed by atoms with Gasteiger partial charge in [0, 0.05) is 11.5 Å². The number of benzene rings is 1. The van der Waals surface area contributed by atoms with E-state index in [0.717, 1.165) is 32.9 Å². The number of aryl methyl sites for hydroxylation is 3. The van der Waals surface area contributed by atoms with Gasteiger partial charge in [0.2, 0.25) is 4.96 Å². The standard InChI is InChI=1S/C23H21N5O3S2/c1-4-19-26-28-20(29)9-16(24-23(28)33-19)12-31-22(30)18-10-17-14(3)25-27(21(17)32-18)11-15-7-5-13(2)6-8-15/h5-10H,4,11-12H2,1-3H3. The van der Waals surface area contributed by atoms with E-state index in [9.17, 15) is 9.59 Å². The van der Waals surface area contributed by atoms with Crippen molar-refractivity contribution >= 4 is 43.8 Å². The maximum atomic E-state index is 12.7. The summed E-state index contributed by atoms with van der Waals surface area (Å²) in [7, 11) is 0. The molecule has 1 aromatic carbocycles. The Bertz CT molecular complexity index is 1540. The van der Waals surface area contributed by atoms with Gasteiger partial charge < -0.3 is 4.74 Å². The molecule has 0 atom stereocenters. The fourth-order valence-corrected chi connectivity index (χ4v) is 5.42. The van der Waals surface area contributed by atoms with Crippen LogP contribution in [0.3, 0.4) is 0 Å². The van der Waals surface area contributed by atoms with Crippen LogP contribution in [0.2, 0.25) is 0 Å². The highest BCUT2D eigenvalue weighted by Crippen LogP contribution is 2.29. The van der Waals surface area contributed by atoms with Gasteiger partial charge in [0.25, 0.3) is 5.56 Å². The number of aromatic nitrogens is 5. The Kier molecular flexibility index (Phi) is 5.55.